The Morgan fingerprint density at radius 1 is 0.722 bits per heavy atom. The third-order valence-electron chi connectivity index (χ3n) is 4.06. The van der Waals surface area contributed by atoms with Crippen molar-refractivity contribution in [1.82, 2.24) is 0 Å². The van der Waals surface area contributed by atoms with Gasteiger partial charge in [-0.15, -0.1) is 0 Å². The van der Waals surface area contributed by atoms with Crippen LogP contribution in [-0.2, 0) is 0 Å². The first-order valence-electron chi connectivity index (χ1n) is 8.27. The molecule has 0 nitrogen and oxygen atoms in total. The molecule has 0 aliphatic carbocycles. The predicted molar refractivity (Wildman–Crippen MR) is 91.4 cm³/mol. The van der Waals surface area contributed by atoms with E-state index in [1.54, 1.807) is 0 Å². The summed E-state index contributed by atoms with van der Waals surface area (Å²) in [6, 6.07) is 0. The van der Waals surface area contributed by atoms with Gasteiger partial charge in [0.25, 0.3) is 0 Å². The molecule has 0 aliphatic rings. The Hall–Kier alpha value is 0.799. The van der Waals surface area contributed by atoms with Gasteiger partial charge < -0.3 is 0 Å². The quantitative estimate of drug-likeness (QED) is 0.443. The second kappa shape index (κ2) is 12.8. The van der Waals surface area contributed by atoms with Crippen LogP contribution in [-0.4, -0.2) is 19.8 Å². The van der Waals surface area contributed by atoms with E-state index in [4.69, 9.17) is 0 Å². The average Bonchev–Trinajstić information content (AvgIpc) is 2.24. The van der Waals surface area contributed by atoms with E-state index in [0.717, 1.165) is 17.7 Å². The molecule has 112 valence electrons. The van der Waals surface area contributed by atoms with Crippen molar-refractivity contribution in [2.24, 2.45) is 5.92 Å². The summed E-state index contributed by atoms with van der Waals surface area (Å²) in [5, 5.41) is 0. The Balaban J connectivity index is 0. The molecule has 0 aromatic rings. The maximum absolute atomic E-state index is 2.42. The maximum atomic E-state index is 2.42. The molecule has 0 spiro atoms. The molecule has 0 aromatic heterocycles. The van der Waals surface area contributed by atoms with Crippen molar-refractivity contribution in [1.29, 1.82) is 0 Å². The van der Waals surface area contributed by atoms with Gasteiger partial charge in [-0.2, -0.15) is 0 Å². The molecular weight excluding hydrogens is 323 g/mol. The van der Waals surface area contributed by atoms with Gasteiger partial charge in [0.1, 0.15) is 0 Å². The van der Waals surface area contributed by atoms with Crippen molar-refractivity contribution in [2.75, 3.05) is 0 Å². The van der Waals surface area contributed by atoms with Crippen LogP contribution in [0.5, 0.6) is 0 Å². The third kappa shape index (κ3) is 11.9. The van der Waals surface area contributed by atoms with Crippen LogP contribution in [0.1, 0.15) is 88.0 Å². The molecule has 0 heterocycles. The zero-order chi connectivity index (χ0) is 14.7. The van der Waals surface area contributed by atoms with Gasteiger partial charge in [0.05, 0.1) is 0 Å². The minimum absolute atomic E-state index is 0.954. The fraction of sp³-hybridized carbons (Fsp3) is 1.00. The Kier molecular flexibility index (Phi) is 15.0. The van der Waals surface area contributed by atoms with Crippen LogP contribution in [0.15, 0.2) is 0 Å². The first-order chi connectivity index (χ1) is 8.27. The fourth-order valence-corrected chi connectivity index (χ4v) is 16.2. The van der Waals surface area contributed by atoms with Gasteiger partial charge in [-0.3, -0.25) is 0 Å². The van der Waals surface area contributed by atoms with E-state index >= 15 is 0 Å². The summed E-state index contributed by atoms with van der Waals surface area (Å²) in [6.07, 6.45) is 5.53. The SMILES string of the molecule is CCCCC(C)CC.C[CH](C)[SnH]([CH](C)C)[CH](C)C. The van der Waals surface area contributed by atoms with E-state index in [2.05, 4.69) is 62.3 Å². The fourth-order valence-electron chi connectivity index (χ4n) is 3.07. The Morgan fingerprint density at radius 3 is 1.28 bits per heavy atom. The molecule has 0 bridgehead atoms. The molecule has 0 aromatic carbocycles. The zero-order valence-electron chi connectivity index (χ0n) is 14.7. The average molecular weight is 363 g/mol. The second-order valence-corrected chi connectivity index (χ2v) is 21.7. The van der Waals surface area contributed by atoms with E-state index in [1.165, 1.54) is 25.7 Å². The van der Waals surface area contributed by atoms with Gasteiger partial charge in [0.2, 0.25) is 0 Å². The molecule has 0 radical (unpaired) electrons. The molecule has 0 aliphatic heterocycles. The molecule has 1 atom stereocenters. The van der Waals surface area contributed by atoms with Gasteiger partial charge in [0, 0.05) is 0 Å². The molecule has 0 saturated carbocycles. The Bertz CT molecular complexity index is 142. The summed E-state index contributed by atoms with van der Waals surface area (Å²) in [7, 11) is 0. The molecule has 0 N–H and O–H groups in total. The summed E-state index contributed by atoms with van der Waals surface area (Å²) in [4.78, 5) is 0. The van der Waals surface area contributed by atoms with Gasteiger partial charge >= 0.3 is 73.1 Å². The molecule has 0 amide bonds. The van der Waals surface area contributed by atoms with Crippen molar-refractivity contribution >= 4 is 19.8 Å². The van der Waals surface area contributed by atoms with Crippen molar-refractivity contribution in [3.05, 3.63) is 0 Å². The van der Waals surface area contributed by atoms with Crippen LogP contribution in [0.2, 0.25) is 11.8 Å². The number of rotatable bonds is 7. The van der Waals surface area contributed by atoms with Crippen molar-refractivity contribution in [2.45, 2.75) is 99.8 Å². The van der Waals surface area contributed by atoms with Crippen LogP contribution < -0.4 is 0 Å². The second-order valence-electron chi connectivity index (χ2n) is 6.97. The first kappa shape index (κ1) is 21.1. The van der Waals surface area contributed by atoms with Crippen molar-refractivity contribution in [3.63, 3.8) is 0 Å². The van der Waals surface area contributed by atoms with E-state index < -0.39 is 19.8 Å². The number of hydrogen-bond acceptors (Lipinski definition) is 0. The van der Waals surface area contributed by atoms with Crippen molar-refractivity contribution in [3.8, 4) is 0 Å². The van der Waals surface area contributed by atoms with Gasteiger partial charge in [0.15, 0.2) is 0 Å². The first-order valence-corrected chi connectivity index (χ1v) is 14.0. The molecule has 18 heavy (non-hydrogen) atoms. The van der Waals surface area contributed by atoms with Gasteiger partial charge in [-0.25, -0.2) is 0 Å². The summed E-state index contributed by atoms with van der Waals surface area (Å²) in [5.41, 5.74) is 0. The summed E-state index contributed by atoms with van der Waals surface area (Å²) in [5.74, 6) is 0.954. The van der Waals surface area contributed by atoms with E-state index in [-0.39, 0.29) is 0 Å². The molecule has 1 heteroatoms. The molecule has 0 saturated heterocycles. The summed E-state index contributed by atoms with van der Waals surface area (Å²) >= 11 is -1.14. The normalized spacial score (nSPS) is 13.2. The standard InChI is InChI=1S/C8H18.3C3H7.Sn.H/c1-4-6-7-8(3)5-2;3*1-3-2;;/h8H,4-7H2,1-3H3;3*3H,1-2H3;;. The minimum atomic E-state index is -1.14. The summed E-state index contributed by atoms with van der Waals surface area (Å²) in [6.45, 7) is 21.4. The van der Waals surface area contributed by atoms with Crippen LogP contribution >= 0.6 is 0 Å². The molecular formula is C17H40Sn. The Morgan fingerprint density at radius 2 is 1.11 bits per heavy atom. The number of unbranched alkanes of at least 4 members (excludes halogenated alkanes) is 1. The van der Waals surface area contributed by atoms with Crippen LogP contribution in [0.3, 0.4) is 0 Å². The van der Waals surface area contributed by atoms with Gasteiger partial charge in [-0.05, 0) is 5.92 Å². The van der Waals surface area contributed by atoms with E-state index in [9.17, 15) is 0 Å². The van der Waals surface area contributed by atoms with Crippen LogP contribution in [0, 0.1) is 5.92 Å². The van der Waals surface area contributed by atoms with Gasteiger partial charge in [-0.1, -0.05) is 46.5 Å². The monoisotopic (exact) mass is 364 g/mol. The number of hydrogen-bond donors (Lipinski definition) is 0. The molecule has 1 unspecified atom stereocenters. The Labute approximate surface area is 125 Å². The zero-order valence-corrected chi connectivity index (χ0v) is 18.0. The summed E-state index contributed by atoms with van der Waals surface area (Å²) < 4.78 is 3.13. The third-order valence-corrected chi connectivity index (χ3v) is 17.2. The topological polar surface area (TPSA) is 0 Å². The molecule has 0 fully saturated rings. The van der Waals surface area contributed by atoms with Crippen LogP contribution in [0.4, 0.5) is 0 Å². The predicted octanol–water partition coefficient (Wildman–Crippen LogP) is 6.67. The van der Waals surface area contributed by atoms with E-state index in [1.807, 2.05) is 0 Å². The van der Waals surface area contributed by atoms with Crippen LogP contribution in [0.25, 0.3) is 0 Å². The van der Waals surface area contributed by atoms with E-state index in [0.29, 0.717) is 0 Å². The van der Waals surface area contributed by atoms with Crippen molar-refractivity contribution < 1.29 is 0 Å². The molecule has 0 rings (SSSR count).